The van der Waals surface area contributed by atoms with E-state index in [4.69, 9.17) is 11.6 Å². The van der Waals surface area contributed by atoms with Crippen LogP contribution in [-0.2, 0) is 11.0 Å². The molecule has 1 atom stereocenters. The van der Waals surface area contributed by atoms with E-state index in [1.807, 2.05) is 4.90 Å². The van der Waals surface area contributed by atoms with Crippen molar-refractivity contribution in [3.8, 4) is 0 Å². The molecule has 0 saturated carbocycles. The van der Waals surface area contributed by atoms with Crippen LogP contribution in [0.3, 0.4) is 0 Å². The minimum atomic E-state index is -4.51. The van der Waals surface area contributed by atoms with Gasteiger partial charge in [-0.05, 0) is 37.1 Å². The van der Waals surface area contributed by atoms with Gasteiger partial charge >= 0.3 is 6.18 Å². The Balaban J connectivity index is 1.63. The summed E-state index contributed by atoms with van der Waals surface area (Å²) in [6.45, 7) is 1.18. The van der Waals surface area contributed by atoms with Gasteiger partial charge in [-0.2, -0.15) is 13.2 Å². The maximum Gasteiger partial charge on any atom is 0.433 e. The number of rotatable bonds is 3. The van der Waals surface area contributed by atoms with Crippen LogP contribution < -0.4 is 10.2 Å². The Bertz CT molecular complexity index is 767. The van der Waals surface area contributed by atoms with E-state index < -0.39 is 11.9 Å². The summed E-state index contributed by atoms with van der Waals surface area (Å²) in [4.78, 5) is 17.7. The van der Waals surface area contributed by atoms with Crippen molar-refractivity contribution >= 4 is 29.0 Å². The molecule has 0 aliphatic carbocycles. The van der Waals surface area contributed by atoms with Gasteiger partial charge in [0.15, 0.2) is 11.0 Å². The predicted molar refractivity (Wildman–Crippen MR) is 89.8 cm³/mol. The Morgan fingerprint density at radius 2 is 2.04 bits per heavy atom. The Labute approximate surface area is 152 Å². The van der Waals surface area contributed by atoms with Gasteiger partial charge in [0.1, 0.15) is 5.69 Å². The quantitative estimate of drug-likeness (QED) is 0.876. The van der Waals surface area contributed by atoms with Gasteiger partial charge in [0.05, 0.1) is 17.8 Å². The fourth-order valence-corrected chi connectivity index (χ4v) is 2.86. The van der Waals surface area contributed by atoms with Crippen LogP contribution in [0.5, 0.6) is 0 Å². The van der Waals surface area contributed by atoms with Crippen molar-refractivity contribution in [1.29, 1.82) is 0 Å². The molecule has 2 aromatic heterocycles. The molecule has 10 heteroatoms. The van der Waals surface area contributed by atoms with Crippen molar-refractivity contribution in [1.82, 2.24) is 15.2 Å². The molecule has 0 radical (unpaired) electrons. The van der Waals surface area contributed by atoms with Crippen molar-refractivity contribution in [3.63, 3.8) is 0 Å². The molecule has 1 fully saturated rings. The lowest BCUT2D eigenvalue weighted by molar-refractivity contribution is -0.141. The number of halogens is 4. The largest absolute Gasteiger partial charge is 0.433 e. The van der Waals surface area contributed by atoms with Crippen molar-refractivity contribution in [2.75, 3.05) is 23.3 Å². The van der Waals surface area contributed by atoms with Crippen LogP contribution in [0.15, 0.2) is 30.5 Å². The first kappa shape index (κ1) is 18.4. The summed E-state index contributed by atoms with van der Waals surface area (Å²) in [5.41, 5.74) is -0.771. The highest BCUT2D eigenvalue weighted by molar-refractivity contribution is 6.29. The van der Waals surface area contributed by atoms with Gasteiger partial charge in [-0.3, -0.25) is 4.79 Å². The molecule has 26 heavy (non-hydrogen) atoms. The van der Waals surface area contributed by atoms with E-state index in [1.54, 1.807) is 12.1 Å². The van der Waals surface area contributed by atoms with Gasteiger partial charge in [0.2, 0.25) is 5.91 Å². The Morgan fingerprint density at radius 1 is 1.23 bits per heavy atom. The fourth-order valence-electron chi connectivity index (χ4n) is 2.76. The van der Waals surface area contributed by atoms with E-state index in [0.717, 1.165) is 25.2 Å². The molecule has 0 bridgehead atoms. The van der Waals surface area contributed by atoms with Gasteiger partial charge in [-0.15, -0.1) is 10.2 Å². The monoisotopic (exact) mass is 385 g/mol. The zero-order valence-corrected chi connectivity index (χ0v) is 14.3. The number of hydrogen-bond acceptors (Lipinski definition) is 5. The molecule has 138 valence electrons. The minimum absolute atomic E-state index is 0.228. The highest BCUT2D eigenvalue weighted by Crippen LogP contribution is 2.28. The summed E-state index contributed by atoms with van der Waals surface area (Å²) in [6.07, 6.45) is -2.04. The van der Waals surface area contributed by atoms with Crippen LogP contribution in [0.1, 0.15) is 18.5 Å². The van der Waals surface area contributed by atoms with E-state index in [0.29, 0.717) is 18.8 Å². The number of anilines is 2. The van der Waals surface area contributed by atoms with Crippen molar-refractivity contribution < 1.29 is 18.0 Å². The molecule has 1 amide bonds. The Hall–Kier alpha value is -2.42. The van der Waals surface area contributed by atoms with Gasteiger partial charge in [0.25, 0.3) is 0 Å². The lowest BCUT2D eigenvalue weighted by atomic mass is 9.97. The zero-order chi connectivity index (χ0) is 18.7. The first-order valence-corrected chi connectivity index (χ1v) is 8.29. The smallest absolute Gasteiger partial charge is 0.354 e. The van der Waals surface area contributed by atoms with Gasteiger partial charge < -0.3 is 10.2 Å². The second-order valence-electron chi connectivity index (χ2n) is 5.92. The van der Waals surface area contributed by atoms with E-state index in [9.17, 15) is 18.0 Å². The third-order valence-electron chi connectivity index (χ3n) is 4.06. The third kappa shape index (κ3) is 4.40. The number of hydrogen-bond donors (Lipinski definition) is 1. The summed E-state index contributed by atoms with van der Waals surface area (Å²) < 4.78 is 37.6. The van der Waals surface area contributed by atoms with Crippen LogP contribution >= 0.6 is 11.6 Å². The number of nitrogens with one attached hydrogen (secondary N) is 1. The van der Waals surface area contributed by atoms with Gasteiger partial charge in [-0.1, -0.05) is 11.6 Å². The number of nitrogens with zero attached hydrogens (tertiary/aromatic N) is 4. The SMILES string of the molecule is O=C(Nc1ccc(C(F)(F)F)nc1)[C@@H]1CCCN(c2ccc(Cl)nn2)C1. The fraction of sp³-hybridized carbons (Fsp3) is 0.375. The molecular formula is C16H15ClF3N5O. The average Bonchev–Trinajstić information content (AvgIpc) is 2.62. The van der Waals surface area contributed by atoms with Crippen LogP contribution in [0.25, 0.3) is 0 Å². The topological polar surface area (TPSA) is 71.0 Å². The normalized spacial score (nSPS) is 17.8. The molecule has 3 heterocycles. The molecule has 0 unspecified atom stereocenters. The van der Waals surface area contributed by atoms with Crippen LogP contribution in [0.4, 0.5) is 24.7 Å². The van der Waals surface area contributed by atoms with E-state index in [-0.39, 0.29) is 22.7 Å². The van der Waals surface area contributed by atoms with Gasteiger partial charge in [0, 0.05) is 13.1 Å². The standard InChI is InChI=1S/C16H15ClF3N5O/c17-13-5-6-14(24-23-13)25-7-1-2-10(9-25)15(26)22-11-3-4-12(21-8-11)16(18,19)20/h3-6,8,10H,1-2,7,9H2,(H,22,26)/t10-/m1/s1. The molecular weight excluding hydrogens is 371 g/mol. The van der Waals surface area contributed by atoms with E-state index >= 15 is 0 Å². The maximum absolute atomic E-state index is 12.5. The van der Waals surface area contributed by atoms with E-state index in [1.165, 1.54) is 6.07 Å². The molecule has 2 aromatic rings. The molecule has 3 rings (SSSR count). The predicted octanol–water partition coefficient (Wildman–Crippen LogP) is 3.40. The molecule has 6 nitrogen and oxygen atoms in total. The second-order valence-corrected chi connectivity index (χ2v) is 6.31. The summed E-state index contributed by atoms with van der Waals surface area (Å²) >= 11 is 5.73. The van der Waals surface area contributed by atoms with E-state index in [2.05, 4.69) is 20.5 Å². The summed E-state index contributed by atoms with van der Waals surface area (Å²) in [5.74, 6) is 0.0461. The van der Waals surface area contributed by atoms with Crippen molar-refractivity contribution in [3.05, 3.63) is 41.3 Å². The number of aromatic nitrogens is 3. The van der Waals surface area contributed by atoms with Crippen molar-refractivity contribution in [2.45, 2.75) is 19.0 Å². The first-order chi connectivity index (χ1) is 12.3. The summed E-state index contributed by atoms with van der Waals surface area (Å²) in [6, 6.07) is 5.39. The second kappa shape index (κ2) is 7.45. The van der Waals surface area contributed by atoms with Crippen LogP contribution in [0, 0.1) is 5.92 Å². The Kier molecular flexibility index (Phi) is 5.26. The highest BCUT2D eigenvalue weighted by Gasteiger charge is 2.32. The lowest BCUT2D eigenvalue weighted by Gasteiger charge is -2.32. The van der Waals surface area contributed by atoms with Gasteiger partial charge in [-0.25, -0.2) is 4.98 Å². The molecule has 0 spiro atoms. The number of amides is 1. The molecule has 0 aromatic carbocycles. The molecule has 1 N–H and O–H groups in total. The number of pyridine rings is 1. The third-order valence-corrected chi connectivity index (χ3v) is 4.26. The number of alkyl halides is 3. The Morgan fingerprint density at radius 3 is 2.65 bits per heavy atom. The van der Waals surface area contributed by atoms with Crippen LogP contribution in [0.2, 0.25) is 5.15 Å². The molecule has 1 saturated heterocycles. The molecule has 1 aliphatic rings. The van der Waals surface area contributed by atoms with Crippen LogP contribution in [-0.4, -0.2) is 34.2 Å². The highest BCUT2D eigenvalue weighted by atomic mass is 35.5. The zero-order valence-electron chi connectivity index (χ0n) is 13.5. The maximum atomic E-state index is 12.5. The summed E-state index contributed by atoms with van der Waals surface area (Å²) in [5, 5.41) is 10.7. The summed E-state index contributed by atoms with van der Waals surface area (Å²) in [7, 11) is 0. The molecule has 1 aliphatic heterocycles. The minimum Gasteiger partial charge on any atom is -0.354 e. The first-order valence-electron chi connectivity index (χ1n) is 7.91. The number of carbonyl (C=O) groups excluding carboxylic acids is 1. The lowest BCUT2D eigenvalue weighted by Crippen LogP contribution is -2.41. The number of piperidine rings is 1. The van der Waals surface area contributed by atoms with Crippen molar-refractivity contribution in [2.24, 2.45) is 5.92 Å². The average molecular weight is 386 g/mol. The number of carbonyl (C=O) groups is 1.